The van der Waals surface area contributed by atoms with Crippen LogP contribution in [0.3, 0.4) is 0 Å². The summed E-state index contributed by atoms with van der Waals surface area (Å²) in [6, 6.07) is 0. The topological polar surface area (TPSA) is 26.3 Å². The zero-order chi connectivity index (χ0) is 11.4. The molecule has 0 N–H and O–H groups in total. The van der Waals surface area contributed by atoms with Crippen LogP contribution in [0.1, 0.15) is 20.8 Å². The zero-order valence-corrected chi connectivity index (χ0v) is 9.26. The third-order valence-electron chi connectivity index (χ3n) is 1.82. The molecule has 0 unspecified atom stereocenters. The number of hydrogen-bond donors (Lipinski definition) is 0. The van der Waals surface area contributed by atoms with Gasteiger partial charge in [0, 0.05) is 5.57 Å². The Kier molecular flexibility index (Phi) is 3.51. The molecule has 0 radical (unpaired) electrons. The van der Waals surface area contributed by atoms with Gasteiger partial charge in [-0.15, -0.1) is 0 Å². The predicted octanol–water partition coefficient (Wildman–Crippen LogP) is 2.38. The minimum atomic E-state index is -0.334. The first-order valence-electron chi connectivity index (χ1n) is 4.77. The SMILES string of the molecule is C=C(C#CC=C(C)C)C1=C[C@H](C)OC1=O. The lowest BCUT2D eigenvalue weighted by Gasteiger charge is -1.97. The lowest BCUT2D eigenvalue weighted by Crippen LogP contribution is -2.04. The van der Waals surface area contributed by atoms with Crippen LogP contribution >= 0.6 is 0 Å². The summed E-state index contributed by atoms with van der Waals surface area (Å²) in [4.78, 5) is 11.3. The highest BCUT2D eigenvalue weighted by atomic mass is 16.5. The van der Waals surface area contributed by atoms with Gasteiger partial charge in [0.15, 0.2) is 0 Å². The highest BCUT2D eigenvalue weighted by molar-refractivity contribution is 5.96. The van der Waals surface area contributed by atoms with Crippen LogP contribution in [0.5, 0.6) is 0 Å². The molecule has 1 rings (SSSR count). The van der Waals surface area contributed by atoms with E-state index >= 15 is 0 Å². The Hall–Kier alpha value is -1.75. The summed E-state index contributed by atoms with van der Waals surface area (Å²) >= 11 is 0. The molecule has 0 saturated carbocycles. The minimum absolute atomic E-state index is 0.172. The van der Waals surface area contributed by atoms with Gasteiger partial charge in [0.1, 0.15) is 6.10 Å². The summed E-state index contributed by atoms with van der Waals surface area (Å²) in [5, 5.41) is 0. The first-order valence-corrected chi connectivity index (χ1v) is 4.77. The lowest BCUT2D eigenvalue weighted by atomic mass is 10.1. The Morgan fingerprint density at radius 2 is 2.27 bits per heavy atom. The lowest BCUT2D eigenvalue weighted by molar-refractivity contribution is -0.138. The number of cyclic esters (lactones) is 1. The highest BCUT2D eigenvalue weighted by Gasteiger charge is 2.23. The smallest absolute Gasteiger partial charge is 0.339 e. The molecule has 0 fully saturated rings. The van der Waals surface area contributed by atoms with Crippen LogP contribution in [0.4, 0.5) is 0 Å². The predicted molar refractivity (Wildman–Crippen MR) is 60.0 cm³/mol. The van der Waals surface area contributed by atoms with Crippen molar-refractivity contribution in [1.82, 2.24) is 0 Å². The van der Waals surface area contributed by atoms with Crippen molar-refractivity contribution in [2.45, 2.75) is 26.9 Å². The average molecular weight is 202 g/mol. The van der Waals surface area contributed by atoms with Gasteiger partial charge in [-0.3, -0.25) is 0 Å². The normalized spacial score (nSPS) is 18.5. The van der Waals surface area contributed by atoms with Gasteiger partial charge in [0.05, 0.1) is 5.57 Å². The second kappa shape index (κ2) is 4.65. The summed E-state index contributed by atoms with van der Waals surface area (Å²) in [7, 11) is 0. The summed E-state index contributed by atoms with van der Waals surface area (Å²) in [5.74, 6) is 5.32. The first kappa shape index (κ1) is 11.3. The van der Waals surface area contributed by atoms with Crippen LogP contribution in [0, 0.1) is 11.8 Å². The Morgan fingerprint density at radius 3 is 2.73 bits per heavy atom. The molecule has 1 heterocycles. The summed E-state index contributed by atoms with van der Waals surface area (Å²) in [6.45, 7) is 9.48. The molecule has 15 heavy (non-hydrogen) atoms. The standard InChI is InChI=1S/C13H14O2/c1-9(2)6-5-7-10(3)12-8-11(4)15-13(12)14/h6,8,11H,3H2,1-2,4H3/t11-/m0/s1. The molecule has 0 aromatic rings. The van der Waals surface area contributed by atoms with E-state index in [0.29, 0.717) is 11.1 Å². The van der Waals surface area contributed by atoms with Crippen LogP contribution in [-0.4, -0.2) is 12.1 Å². The third-order valence-corrected chi connectivity index (χ3v) is 1.82. The van der Waals surface area contributed by atoms with Crippen LogP contribution in [0.25, 0.3) is 0 Å². The fraction of sp³-hybridized carbons (Fsp3) is 0.308. The molecule has 78 valence electrons. The molecule has 1 aliphatic rings. The third kappa shape index (κ3) is 3.14. The van der Waals surface area contributed by atoms with Gasteiger partial charge < -0.3 is 4.74 Å². The molecule has 0 aliphatic carbocycles. The molecule has 2 heteroatoms. The van der Waals surface area contributed by atoms with Gasteiger partial charge >= 0.3 is 5.97 Å². The molecule has 0 saturated heterocycles. The van der Waals surface area contributed by atoms with E-state index in [2.05, 4.69) is 18.4 Å². The molecule has 1 atom stereocenters. The maximum Gasteiger partial charge on any atom is 0.339 e. The van der Waals surface area contributed by atoms with Gasteiger partial charge in [0.2, 0.25) is 0 Å². The van der Waals surface area contributed by atoms with Gasteiger partial charge in [-0.05, 0) is 32.9 Å². The number of rotatable bonds is 1. The summed E-state index contributed by atoms with van der Waals surface area (Å²) < 4.78 is 4.95. The van der Waals surface area contributed by atoms with Crippen molar-refractivity contribution in [2.24, 2.45) is 0 Å². The van der Waals surface area contributed by atoms with Gasteiger partial charge in [-0.25, -0.2) is 4.79 Å². The van der Waals surface area contributed by atoms with E-state index in [4.69, 9.17) is 4.74 Å². The molecule has 0 aromatic carbocycles. The maximum absolute atomic E-state index is 11.3. The summed E-state index contributed by atoms with van der Waals surface area (Å²) in [5.41, 5.74) is 2.12. The first-order chi connectivity index (χ1) is 7.00. The van der Waals surface area contributed by atoms with Gasteiger partial charge in [0.25, 0.3) is 0 Å². The Bertz CT molecular complexity index is 410. The Morgan fingerprint density at radius 1 is 1.60 bits per heavy atom. The van der Waals surface area contributed by atoms with Crippen molar-refractivity contribution in [1.29, 1.82) is 0 Å². The molecule has 0 spiro atoms. The van der Waals surface area contributed by atoms with E-state index in [0.717, 1.165) is 5.57 Å². The van der Waals surface area contributed by atoms with E-state index in [1.54, 1.807) is 12.2 Å². The fourth-order valence-corrected chi connectivity index (χ4v) is 1.13. The number of esters is 1. The number of allylic oxidation sites excluding steroid dienone is 2. The summed E-state index contributed by atoms with van der Waals surface area (Å²) in [6.07, 6.45) is 3.35. The number of carbonyl (C=O) groups is 1. The van der Waals surface area contributed by atoms with E-state index in [-0.39, 0.29) is 12.1 Å². The van der Waals surface area contributed by atoms with E-state index < -0.39 is 0 Å². The van der Waals surface area contributed by atoms with Gasteiger partial charge in [-0.2, -0.15) is 0 Å². The number of ether oxygens (including phenoxy) is 1. The van der Waals surface area contributed by atoms with Crippen molar-refractivity contribution in [3.8, 4) is 11.8 Å². The van der Waals surface area contributed by atoms with Crippen molar-refractivity contribution in [3.05, 3.63) is 35.5 Å². The average Bonchev–Trinajstić information content (AvgIpc) is 2.44. The van der Waals surface area contributed by atoms with Crippen molar-refractivity contribution >= 4 is 5.97 Å². The molecule has 0 bridgehead atoms. The monoisotopic (exact) mass is 202 g/mol. The van der Waals surface area contributed by atoms with Crippen molar-refractivity contribution in [2.75, 3.05) is 0 Å². The van der Waals surface area contributed by atoms with Crippen LogP contribution in [0.15, 0.2) is 35.5 Å². The molecular weight excluding hydrogens is 188 g/mol. The van der Waals surface area contributed by atoms with Gasteiger partial charge in [-0.1, -0.05) is 24.0 Å². The maximum atomic E-state index is 11.3. The highest BCUT2D eigenvalue weighted by Crippen LogP contribution is 2.18. The van der Waals surface area contributed by atoms with Crippen molar-refractivity contribution < 1.29 is 9.53 Å². The quantitative estimate of drug-likeness (QED) is 0.482. The number of carbonyl (C=O) groups excluding carboxylic acids is 1. The fourth-order valence-electron chi connectivity index (χ4n) is 1.13. The molecule has 0 amide bonds. The van der Waals surface area contributed by atoms with E-state index in [1.807, 2.05) is 20.8 Å². The Labute approximate surface area is 90.3 Å². The largest absolute Gasteiger partial charge is 0.455 e. The number of hydrogen-bond acceptors (Lipinski definition) is 2. The molecule has 0 aromatic heterocycles. The molecule has 1 aliphatic heterocycles. The van der Waals surface area contributed by atoms with Crippen LogP contribution in [0.2, 0.25) is 0 Å². The molecular formula is C13H14O2. The second-order valence-electron chi connectivity index (χ2n) is 3.66. The molecule has 2 nitrogen and oxygen atoms in total. The minimum Gasteiger partial charge on any atom is -0.455 e. The van der Waals surface area contributed by atoms with Crippen molar-refractivity contribution in [3.63, 3.8) is 0 Å². The van der Waals surface area contributed by atoms with Crippen LogP contribution in [-0.2, 0) is 9.53 Å². The zero-order valence-electron chi connectivity index (χ0n) is 9.26. The van der Waals surface area contributed by atoms with Crippen LogP contribution < -0.4 is 0 Å². The Balaban J connectivity index is 2.77. The van der Waals surface area contributed by atoms with E-state index in [9.17, 15) is 4.79 Å². The second-order valence-corrected chi connectivity index (χ2v) is 3.66. The van der Waals surface area contributed by atoms with E-state index in [1.165, 1.54) is 0 Å².